The largest absolute Gasteiger partial charge is 0.545 e. The van der Waals surface area contributed by atoms with Crippen molar-refractivity contribution in [2.24, 2.45) is 0 Å². The number of carbonyl (C=O) groups excluding carboxylic acids is 1. The van der Waals surface area contributed by atoms with Gasteiger partial charge in [-0.2, -0.15) is 0 Å². The Bertz CT molecular complexity index is 535. The molecule has 0 amide bonds. The van der Waals surface area contributed by atoms with Gasteiger partial charge in [-0.3, -0.25) is 4.98 Å². The molecule has 0 aliphatic rings. The first-order valence-electron chi connectivity index (χ1n) is 5.01. The third-order valence-corrected chi connectivity index (χ3v) is 2.40. The van der Waals surface area contributed by atoms with Gasteiger partial charge in [0.15, 0.2) is 0 Å². The lowest BCUT2D eigenvalue weighted by molar-refractivity contribution is -0.255. The molecule has 0 spiro atoms. The van der Waals surface area contributed by atoms with E-state index in [-0.39, 0.29) is 5.56 Å². The van der Waals surface area contributed by atoms with Crippen molar-refractivity contribution >= 4 is 5.97 Å². The summed E-state index contributed by atoms with van der Waals surface area (Å²) in [7, 11) is 1.57. The lowest BCUT2D eigenvalue weighted by Crippen LogP contribution is -2.21. The molecule has 1 aromatic heterocycles. The number of carbonyl (C=O) groups is 1. The Hall–Kier alpha value is -2.36. The second-order valence-corrected chi connectivity index (χ2v) is 3.48. The van der Waals surface area contributed by atoms with Crippen molar-refractivity contribution in [2.45, 2.75) is 0 Å². The van der Waals surface area contributed by atoms with Crippen molar-refractivity contribution in [1.29, 1.82) is 0 Å². The number of carboxylic acid groups (broad SMARTS) is 1. The highest BCUT2D eigenvalue weighted by Gasteiger charge is 2.01. The number of pyridine rings is 1. The van der Waals surface area contributed by atoms with Gasteiger partial charge in [-0.15, -0.1) is 0 Å². The molecule has 0 saturated heterocycles. The number of hydrogen-bond acceptors (Lipinski definition) is 4. The van der Waals surface area contributed by atoms with Crippen LogP contribution in [0.1, 0.15) is 10.4 Å². The van der Waals surface area contributed by atoms with E-state index < -0.39 is 5.97 Å². The van der Waals surface area contributed by atoms with Crippen molar-refractivity contribution in [3.8, 4) is 16.9 Å². The highest BCUT2D eigenvalue weighted by Crippen LogP contribution is 2.22. The monoisotopic (exact) mass is 228 g/mol. The molecule has 1 heterocycles. The fourth-order valence-corrected chi connectivity index (χ4v) is 1.49. The Balaban J connectivity index is 2.36. The molecule has 0 radical (unpaired) electrons. The van der Waals surface area contributed by atoms with Crippen molar-refractivity contribution in [1.82, 2.24) is 4.98 Å². The summed E-state index contributed by atoms with van der Waals surface area (Å²) < 4.78 is 5.07. The van der Waals surface area contributed by atoms with Crippen molar-refractivity contribution in [3.63, 3.8) is 0 Å². The van der Waals surface area contributed by atoms with E-state index >= 15 is 0 Å². The molecule has 86 valence electrons. The fraction of sp³-hybridized carbons (Fsp3) is 0.0769. The Morgan fingerprint density at radius 2 is 1.88 bits per heavy atom. The maximum absolute atomic E-state index is 10.6. The van der Waals surface area contributed by atoms with E-state index in [1.54, 1.807) is 31.6 Å². The Kier molecular flexibility index (Phi) is 3.05. The molecule has 0 N–H and O–H groups in total. The van der Waals surface area contributed by atoms with Crippen LogP contribution in [0.25, 0.3) is 11.1 Å². The minimum absolute atomic E-state index is 0.157. The number of aromatic nitrogens is 1. The number of nitrogens with zero attached hydrogens (tertiary/aromatic N) is 1. The van der Waals surface area contributed by atoms with E-state index in [1.807, 2.05) is 6.07 Å². The van der Waals surface area contributed by atoms with Crippen LogP contribution in [0.3, 0.4) is 0 Å². The van der Waals surface area contributed by atoms with Crippen molar-refractivity contribution in [3.05, 3.63) is 48.3 Å². The Morgan fingerprint density at radius 1 is 1.18 bits per heavy atom. The maximum Gasteiger partial charge on any atom is 0.137 e. The van der Waals surface area contributed by atoms with Gasteiger partial charge in [-0.05, 0) is 17.2 Å². The van der Waals surface area contributed by atoms with Crippen LogP contribution >= 0.6 is 0 Å². The van der Waals surface area contributed by atoms with Crippen LogP contribution in [0.15, 0.2) is 42.7 Å². The first-order chi connectivity index (χ1) is 8.20. The standard InChI is InChI=1S/C13H11NO3/c1-17-12-6-11(7-14-8-12)9-2-4-10(5-3-9)13(15)16/h2-8H,1H3,(H,15,16)/p-1. The van der Waals surface area contributed by atoms with E-state index in [1.165, 1.54) is 12.1 Å². The molecule has 1 aromatic carbocycles. The van der Waals surface area contributed by atoms with Gasteiger partial charge in [0, 0.05) is 11.8 Å². The van der Waals surface area contributed by atoms with E-state index in [0.29, 0.717) is 5.75 Å². The van der Waals surface area contributed by atoms with Crippen LogP contribution in [-0.4, -0.2) is 18.1 Å². The molecule has 0 bridgehead atoms. The lowest BCUT2D eigenvalue weighted by Gasteiger charge is -2.06. The van der Waals surface area contributed by atoms with Gasteiger partial charge in [-0.25, -0.2) is 0 Å². The molecule has 4 heteroatoms. The molecule has 0 unspecified atom stereocenters. The molecular formula is C13H10NO3-. The zero-order chi connectivity index (χ0) is 12.3. The molecule has 0 aliphatic heterocycles. The van der Waals surface area contributed by atoms with Crippen LogP contribution in [0.4, 0.5) is 0 Å². The number of ether oxygens (including phenoxy) is 1. The molecule has 17 heavy (non-hydrogen) atoms. The third-order valence-electron chi connectivity index (χ3n) is 2.40. The van der Waals surface area contributed by atoms with E-state index in [2.05, 4.69) is 4.98 Å². The predicted octanol–water partition coefficient (Wildman–Crippen LogP) is 1.12. The zero-order valence-electron chi connectivity index (χ0n) is 9.21. The minimum atomic E-state index is -1.18. The average Bonchev–Trinajstić information content (AvgIpc) is 2.39. The molecule has 0 atom stereocenters. The van der Waals surface area contributed by atoms with Gasteiger partial charge < -0.3 is 14.6 Å². The first-order valence-corrected chi connectivity index (χ1v) is 5.01. The Morgan fingerprint density at radius 3 is 2.47 bits per heavy atom. The predicted molar refractivity (Wildman–Crippen MR) is 60.6 cm³/mol. The van der Waals surface area contributed by atoms with Crippen molar-refractivity contribution < 1.29 is 14.6 Å². The fourth-order valence-electron chi connectivity index (χ4n) is 1.49. The molecule has 2 rings (SSSR count). The third kappa shape index (κ3) is 2.42. The molecule has 0 fully saturated rings. The summed E-state index contributed by atoms with van der Waals surface area (Å²) in [6.07, 6.45) is 3.30. The summed E-state index contributed by atoms with van der Waals surface area (Å²) in [5, 5.41) is 10.6. The summed E-state index contributed by atoms with van der Waals surface area (Å²) >= 11 is 0. The van der Waals surface area contributed by atoms with Gasteiger partial charge in [0.05, 0.1) is 19.3 Å². The number of methoxy groups -OCH3 is 1. The van der Waals surface area contributed by atoms with Gasteiger partial charge in [-0.1, -0.05) is 24.3 Å². The smallest absolute Gasteiger partial charge is 0.137 e. The summed E-state index contributed by atoms with van der Waals surface area (Å²) in [6.45, 7) is 0. The number of aromatic carboxylic acids is 1. The molecule has 0 saturated carbocycles. The summed E-state index contributed by atoms with van der Waals surface area (Å²) in [4.78, 5) is 14.6. The summed E-state index contributed by atoms with van der Waals surface area (Å²) in [5.74, 6) is -0.521. The lowest BCUT2D eigenvalue weighted by atomic mass is 10.1. The number of benzene rings is 1. The Labute approximate surface area is 98.5 Å². The van der Waals surface area contributed by atoms with Crippen LogP contribution in [0, 0.1) is 0 Å². The molecule has 4 nitrogen and oxygen atoms in total. The van der Waals surface area contributed by atoms with Crippen LogP contribution in [-0.2, 0) is 0 Å². The van der Waals surface area contributed by atoms with Gasteiger partial charge in [0.2, 0.25) is 0 Å². The van der Waals surface area contributed by atoms with Gasteiger partial charge in [0.1, 0.15) is 5.75 Å². The normalized spacial score (nSPS) is 9.94. The SMILES string of the molecule is COc1cncc(-c2ccc(C(=O)[O-])cc2)c1. The number of carboxylic acids is 1. The highest BCUT2D eigenvalue weighted by atomic mass is 16.5. The topological polar surface area (TPSA) is 62.2 Å². The summed E-state index contributed by atoms with van der Waals surface area (Å²) in [6, 6.07) is 8.26. The molecule has 2 aromatic rings. The van der Waals surface area contributed by atoms with Crippen LogP contribution < -0.4 is 9.84 Å². The average molecular weight is 228 g/mol. The molecule has 0 aliphatic carbocycles. The van der Waals surface area contributed by atoms with Crippen molar-refractivity contribution in [2.75, 3.05) is 7.11 Å². The quantitative estimate of drug-likeness (QED) is 0.789. The highest BCUT2D eigenvalue weighted by molar-refractivity contribution is 5.86. The van der Waals surface area contributed by atoms with Gasteiger partial charge in [0.25, 0.3) is 0 Å². The number of rotatable bonds is 3. The minimum Gasteiger partial charge on any atom is -0.545 e. The van der Waals surface area contributed by atoms with Crippen LogP contribution in [0.5, 0.6) is 5.75 Å². The molecular weight excluding hydrogens is 218 g/mol. The van der Waals surface area contributed by atoms with Gasteiger partial charge >= 0.3 is 0 Å². The first kappa shape index (κ1) is 11.1. The number of hydrogen-bond donors (Lipinski definition) is 0. The second kappa shape index (κ2) is 4.65. The van der Waals surface area contributed by atoms with E-state index in [9.17, 15) is 9.90 Å². The van der Waals surface area contributed by atoms with E-state index in [0.717, 1.165) is 11.1 Å². The van der Waals surface area contributed by atoms with Crippen LogP contribution in [0.2, 0.25) is 0 Å². The summed E-state index contributed by atoms with van der Waals surface area (Å²) in [5.41, 5.74) is 1.90. The second-order valence-electron chi connectivity index (χ2n) is 3.48. The zero-order valence-corrected chi connectivity index (χ0v) is 9.21. The maximum atomic E-state index is 10.6. The van der Waals surface area contributed by atoms with E-state index in [4.69, 9.17) is 4.74 Å².